The SMILES string of the molecule is O=C(ON1C(=O)CCC1=O)c1ccc([N+](=O)[O-])cn1. The zero-order valence-electron chi connectivity index (χ0n) is 9.44. The third-order valence-corrected chi connectivity index (χ3v) is 2.35. The zero-order chi connectivity index (χ0) is 14.0. The van der Waals surface area contributed by atoms with Gasteiger partial charge in [0.1, 0.15) is 6.20 Å². The lowest BCUT2D eigenvalue weighted by Gasteiger charge is -2.11. The molecule has 0 bridgehead atoms. The number of aromatic nitrogens is 1. The maximum atomic E-state index is 11.6. The molecule has 2 amide bonds. The maximum absolute atomic E-state index is 11.6. The summed E-state index contributed by atoms with van der Waals surface area (Å²) in [7, 11) is 0. The minimum absolute atomic E-state index is 0.0141. The first kappa shape index (κ1) is 12.6. The molecule has 0 aromatic carbocycles. The highest BCUT2D eigenvalue weighted by Gasteiger charge is 2.33. The van der Waals surface area contributed by atoms with E-state index in [4.69, 9.17) is 0 Å². The summed E-state index contributed by atoms with van der Waals surface area (Å²) >= 11 is 0. The van der Waals surface area contributed by atoms with Gasteiger partial charge in [-0.1, -0.05) is 0 Å². The lowest BCUT2D eigenvalue weighted by molar-refractivity contribution is -0.385. The largest absolute Gasteiger partial charge is 0.382 e. The van der Waals surface area contributed by atoms with Crippen LogP contribution in [0, 0.1) is 10.1 Å². The third-order valence-electron chi connectivity index (χ3n) is 2.35. The Kier molecular flexibility index (Phi) is 3.19. The number of pyridine rings is 1. The summed E-state index contributed by atoms with van der Waals surface area (Å²) < 4.78 is 0. The highest BCUT2D eigenvalue weighted by atomic mass is 16.7. The van der Waals surface area contributed by atoms with Gasteiger partial charge in [-0.05, 0) is 6.07 Å². The van der Waals surface area contributed by atoms with Crippen molar-refractivity contribution in [1.82, 2.24) is 10.0 Å². The van der Waals surface area contributed by atoms with Crippen LogP contribution in [-0.4, -0.2) is 32.8 Å². The summed E-state index contributed by atoms with van der Waals surface area (Å²) in [5.74, 6) is -2.25. The van der Waals surface area contributed by atoms with Gasteiger partial charge in [0.2, 0.25) is 0 Å². The van der Waals surface area contributed by atoms with E-state index < -0.39 is 22.7 Å². The number of hydroxylamine groups is 2. The minimum atomic E-state index is -1.03. The van der Waals surface area contributed by atoms with Gasteiger partial charge in [0.25, 0.3) is 17.5 Å². The smallest absolute Gasteiger partial charge is 0.323 e. The van der Waals surface area contributed by atoms with Crippen molar-refractivity contribution >= 4 is 23.5 Å². The van der Waals surface area contributed by atoms with Crippen LogP contribution in [0.2, 0.25) is 0 Å². The number of nitrogens with zero attached hydrogens (tertiary/aromatic N) is 3. The summed E-state index contributed by atoms with van der Waals surface area (Å²) in [4.78, 5) is 51.8. The van der Waals surface area contributed by atoms with Crippen molar-refractivity contribution in [3.63, 3.8) is 0 Å². The van der Waals surface area contributed by atoms with Crippen LogP contribution in [0.3, 0.4) is 0 Å². The number of imide groups is 1. The number of carbonyl (C=O) groups excluding carboxylic acids is 3. The van der Waals surface area contributed by atoms with E-state index in [-0.39, 0.29) is 24.2 Å². The van der Waals surface area contributed by atoms with E-state index in [9.17, 15) is 24.5 Å². The Hall–Kier alpha value is -2.84. The number of amides is 2. The highest BCUT2D eigenvalue weighted by Crippen LogP contribution is 2.14. The lowest BCUT2D eigenvalue weighted by atomic mass is 10.3. The van der Waals surface area contributed by atoms with Gasteiger partial charge in [-0.3, -0.25) is 19.7 Å². The van der Waals surface area contributed by atoms with Gasteiger partial charge in [-0.25, -0.2) is 9.78 Å². The van der Waals surface area contributed by atoms with Gasteiger partial charge in [0, 0.05) is 18.9 Å². The molecule has 1 aromatic heterocycles. The van der Waals surface area contributed by atoms with Crippen LogP contribution in [0.15, 0.2) is 18.3 Å². The molecule has 9 nitrogen and oxygen atoms in total. The molecule has 98 valence electrons. The summed E-state index contributed by atoms with van der Waals surface area (Å²) in [5.41, 5.74) is -0.525. The monoisotopic (exact) mass is 265 g/mol. The van der Waals surface area contributed by atoms with Gasteiger partial charge in [-0.2, -0.15) is 0 Å². The molecule has 9 heteroatoms. The van der Waals surface area contributed by atoms with E-state index in [1.807, 2.05) is 0 Å². The minimum Gasteiger partial charge on any atom is -0.323 e. The summed E-state index contributed by atoms with van der Waals surface area (Å²) in [6.45, 7) is 0. The fraction of sp³-hybridized carbons (Fsp3) is 0.200. The summed E-state index contributed by atoms with van der Waals surface area (Å²) in [6.07, 6.45) is 0.851. The van der Waals surface area contributed by atoms with Gasteiger partial charge in [-0.15, -0.1) is 5.06 Å². The molecule has 0 atom stereocenters. The topological polar surface area (TPSA) is 120 Å². The first-order valence-corrected chi connectivity index (χ1v) is 5.17. The summed E-state index contributed by atoms with van der Waals surface area (Å²) in [6, 6.07) is 2.14. The van der Waals surface area contributed by atoms with Crippen molar-refractivity contribution in [2.24, 2.45) is 0 Å². The van der Waals surface area contributed by atoms with Gasteiger partial charge < -0.3 is 4.84 Å². The van der Waals surface area contributed by atoms with Crippen molar-refractivity contribution in [3.05, 3.63) is 34.1 Å². The van der Waals surface area contributed by atoms with E-state index in [0.29, 0.717) is 5.06 Å². The number of carbonyl (C=O) groups is 3. The van der Waals surface area contributed by atoms with Crippen LogP contribution in [0.5, 0.6) is 0 Å². The van der Waals surface area contributed by atoms with Crippen molar-refractivity contribution in [3.8, 4) is 0 Å². The molecular weight excluding hydrogens is 258 g/mol. The molecule has 0 saturated carbocycles. The third kappa shape index (κ3) is 2.54. The van der Waals surface area contributed by atoms with Crippen LogP contribution >= 0.6 is 0 Å². The second-order valence-corrected chi connectivity index (χ2v) is 3.62. The lowest BCUT2D eigenvalue weighted by Crippen LogP contribution is -2.32. The normalized spacial score (nSPS) is 14.6. The Morgan fingerprint density at radius 1 is 1.32 bits per heavy atom. The van der Waals surface area contributed by atoms with Crippen molar-refractivity contribution in [2.45, 2.75) is 12.8 Å². The summed E-state index contributed by atoms with van der Waals surface area (Å²) in [5, 5.41) is 10.8. The molecule has 19 heavy (non-hydrogen) atoms. The molecule has 0 aliphatic carbocycles. The van der Waals surface area contributed by atoms with E-state index >= 15 is 0 Å². The number of hydrogen-bond acceptors (Lipinski definition) is 7. The molecule has 0 radical (unpaired) electrons. The van der Waals surface area contributed by atoms with Gasteiger partial charge >= 0.3 is 5.97 Å². The van der Waals surface area contributed by atoms with E-state index in [1.54, 1.807) is 0 Å². The van der Waals surface area contributed by atoms with Crippen LogP contribution in [0.1, 0.15) is 23.3 Å². The van der Waals surface area contributed by atoms with E-state index in [2.05, 4.69) is 9.82 Å². The Morgan fingerprint density at radius 2 is 1.95 bits per heavy atom. The fourth-order valence-corrected chi connectivity index (χ4v) is 1.40. The standard InChI is InChI=1S/C10H7N3O6/c14-8-3-4-9(15)12(8)19-10(16)7-2-1-6(5-11-7)13(17)18/h1-2,5H,3-4H2. The van der Waals surface area contributed by atoms with Gasteiger partial charge in [0.15, 0.2) is 5.69 Å². The average molecular weight is 265 g/mol. The van der Waals surface area contributed by atoms with Gasteiger partial charge in [0.05, 0.1) is 4.92 Å². The second kappa shape index (κ2) is 4.80. The molecular formula is C10H7N3O6. The Bertz CT molecular complexity index is 551. The molecule has 0 spiro atoms. The Balaban J connectivity index is 2.09. The Labute approximate surface area is 105 Å². The Morgan fingerprint density at radius 3 is 2.42 bits per heavy atom. The number of nitro groups is 1. The van der Waals surface area contributed by atoms with Crippen LogP contribution in [0.25, 0.3) is 0 Å². The van der Waals surface area contributed by atoms with Crippen molar-refractivity contribution < 1.29 is 24.1 Å². The molecule has 1 fully saturated rings. The van der Waals surface area contributed by atoms with E-state index in [0.717, 1.165) is 18.3 Å². The number of rotatable bonds is 3. The van der Waals surface area contributed by atoms with Crippen molar-refractivity contribution in [2.75, 3.05) is 0 Å². The fourth-order valence-electron chi connectivity index (χ4n) is 1.40. The quantitative estimate of drug-likeness (QED) is 0.435. The second-order valence-electron chi connectivity index (χ2n) is 3.62. The highest BCUT2D eigenvalue weighted by molar-refractivity contribution is 6.02. The molecule has 0 unspecified atom stereocenters. The molecule has 1 aromatic rings. The predicted molar refractivity (Wildman–Crippen MR) is 57.4 cm³/mol. The first-order valence-electron chi connectivity index (χ1n) is 5.17. The molecule has 2 rings (SSSR count). The van der Waals surface area contributed by atoms with Crippen LogP contribution < -0.4 is 0 Å². The number of hydrogen-bond donors (Lipinski definition) is 0. The average Bonchev–Trinajstić information content (AvgIpc) is 2.70. The van der Waals surface area contributed by atoms with E-state index in [1.165, 1.54) is 0 Å². The predicted octanol–water partition coefficient (Wildman–Crippen LogP) is 0.211. The van der Waals surface area contributed by atoms with Crippen LogP contribution in [0.4, 0.5) is 5.69 Å². The molecule has 2 heterocycles. The van der Waals surface area contributed by atoms with Crippen LogP contribution in [-0.2, 0) is 14.4 Å². The first-order chi connectivity index (χ1) is 8.99. The maximum Gasteiger partial charge on any atom is 0.382 e. The zero-order valence-corrected chi connectivity index (χ0v) is 9.44. The molecule has 0 N–H and O–H groups in total. The molecule has 1 saturated heterocycles. The molecule has 1 aliphatic rings. The molecule has 1 aliphatic heterocycles. The van der Waals surface area contributed by atoms with Crippen molar-refractivity contribution in [1.29, 1.82) is 0 Å².